The van der Waals surface area contributed by atoms with Gasteiger partial charge in [-0.15, -0.1) is 0 Å². The van der Waals surface area contributed by atoms with Crippen molar-refractivity contribution in [3.63, 3.8) is 0 Å². The van der Waals surface area contributed by atoms with Gasteiger partial charge in [-0.1, -0.05) is 25.4 Å². The van der Waals surface area contributed by atoms with Crippen LogP contribution in [0.3, 0.4) is 0 Å². The third-order valence-corrected chi connectivity index (χ3v) is 3.98. The fourth-order valence-electron chi connectivity index (χ4n) is 1.75. The van der Waals surface area contributed by atoms with Gasteiger partial charge >= 0.3 is 0 Å². The van der Waals surface area contributed by atoms with E-state index in [1.165, 1.54) is 0 Å². The van der Waals surface area contributed by atoms with Crippen LogP contribution in [0.4, 0.5) is 11.4 Å². The van der Waals surface area contributed by atoms with Crippen LogP contribution in [0, 0.1) is 11.8 Å². The first-order valence-corrected chi connectivity index (χ1v) is 8.71. The highest BCUT2D eigenvalue weighted by molar-refractivity contribution is 7.92. The van der Waals surface area contributed by atoms with E-state index in [1.54, 1.807) is 18.2 Å². The van der Waals surface area contributed by atoms with Gasteiger partial charge in [0.1, 0.15) is 0 Å². The topological polar surface area (TPSA) is 84.2 Å². The van der Waals surface area contributed by atoms with Gasteiger partial charge in [-0.3, -0.25) is 4.72 Å². The predicted molar refractivity (Wildman–Crippen MR) is 85.8 cm³/mol. The Kier molecular flexibility index (Phi) is 6.10. The van der Waals surface area contributed by atoms with Crippen LogP contribution >= 0.6 is 11.6 Å². The third kappa shape index (κ3) is 5.56. The van der Waals surface area contributed by atoms with Crippen molar-refractivity contribution in [1.82, 2.24) is 0 Å². The van der Waals surface area contributed by atoms with Crippen LogP contribution < -0.4 is 15.8 Å². The minimum Gasteiger partial charge on any atom is -0.385 e. The zero-order valence-corrected chi connectivity index (χ0v) is 13.6. The zero-order valence-electron chi connectivity index (χ0n) is 12.0. The van der Waals surface area contributed by atoms with E-state index in [2.05, 4.69) is 23.9 Å². The molecule has 0 aliphatic heterocycles. The van der Waals surface area contributed by atoms with Crippen LogP contribution in [0.2, 0.25) is 5.02 Å². The fraction of sp³-hybridized carbons (Fsp3) is 0.538. The van der Waals surface area contributed by atoms with E-state index in [1.807, 2.05) is 0 Å². The Labute approximate surface area is 125 Å². The first kappa shape index (κ1) is 17.1. The molecule has 0 saturated carbocycles. The molecule has 1 aromatic carbocycles. The van der Waals surface area contributed by atoms with Crippen molar-refractivity contribution in [2.24, 2.45) is 17.6 Å². The molecule has 0 bridgehead atoms. The summed E-state index contributed by atoms with van der Waals surface area (Å²) >= 11 is 6.06. The number of hydrogen-bond acceptors (Lipinski definition) is 4. The first-order valence-electron chi connectivity index (χ1n) is 6.44. The lowest BCUT2D eigenvalue weighted by molar-refractivity contribution is 0.413. The second-order valence-electron chi connectivity index (χ2n) is 5.19. The molecule has 0 amide bonds. The number of benzene rings is 1. The average Bonchev–Trinajstić information content (AvgIpc) is 2.31. The molecule has 1 atom stereocenters. The molecule has 7 heteroatoms. The Morgan fingerprint density at radius 3 is 2.45 bits per heavy atom. The van der Waals surface area contributed by atoms with E-state index in [4.69, 9.17) is 17.3 Å². The van der Waals surface area contributed by atoms with Gasteiger partial charge in [0.25, 0.3) is 0 Å². The lowest BCUT2D eigenvalue weighted by Gasteiger charge is -2.20. The second kappa shape index (κ2) is 7.15. The molecule has 5 nitrogen and oxygen atoms in total. The van der Waals surface area contributed by atoms with E-state index in [0.717, 1.165) is 18.5 Å². The van der Waals surface area contributed by atoms with Gasteiger partial charge in [-0.05, 0) is 36.6 Å². The summed E-state index contributed by atoms with van der Waals surface area (Å²) in [5.41, 5.74) is 6.93. The summed E-state index contributed by atoms with van der Waals surface area (Å²) in [5, 5.41) is 3.62. The largest absolute Gasteiger partial charge is 0.385 e. The molecule has 0 aliphatic carbocycles. The van der Waals surface area contributed by atoms with Crippen LogP contribution in [0.25, 0.3) is 0 Å². The predicted octanol–water partition coefficient (Wildman–Crippen LogP) is 2.35. The number of rotatable bonds is 7. The first-order chi connectivity index (χ1) is 9.23. The lowest BCUT2D eigenvalue weighted by atomic mass is 9.96. The van der Waals surface area contributed by atoms with Crippen molar-refractivity contribution < 1.29 is 8.42 Å². The van der Waals surface area contributed by atoms with Crippen molar-refractivity contribution in [1.29, 1.82) is 0 Å². The molecular weight excluding hydrogens is 298 g/mol. The maximum Gasteiger partial charge on any atom is 0.229 e. The van der Waals surface area contributed by atoms with E-state index in [0.29, 0.717) is 29.1 Å². The normalized spacial score (nSPS) is 13.3. The molecule has 20 heavy (non-hydrogen) atoms. The van der Waals surface area contributed by atoms with Gasteiger partial charge in [0, 0.05) is 12.2 Å². The van der Waals surface area contributed by atoms with Gasteiger partial charge in [0.2, 0.25) is 10.0 Å². The Morgan fingerprint density at radius 1 is 1.35 bits per heavy atom. The van der Waals surface area contributed by atoms with Crippen molar-refractivity contribution in [2.45, 2.75) is 13.8 Å². The van der Waals surface area contributed by atoms with Crippen LogP contribution in [0.1, 0.15) is 13.8 Å². The van der Waals surface area contributed by atoms with Gasteiger partial charge in [-0.25, -0.2) is 8.42 Å². The molecule has 0 aliphatic rings. The van der Waals surface area contributed by atoms with Gasteiger partial charge in [0.05, 0.1) is 17.0 Å². The number of anilines is 2. The summed E-state index contributed by atoms with van der Waals surface area (Å²) < 4.78 is 24.7. The summed E-state index contributed by atoms with van der Waals surface area (Å²) in [6, 6.07) is 5.12. The number of nitrogens with two attached hydrogens (primary N) is 1. The lowest BCUT2D eigenvalue weighted by Crippen LogP contribution is -2.27. The summed E-state index contributed by atoms with van der Waals surface area (Å²) in [6.45, 7) is 5.63. The van der Waals surface area contributed by atoms with Crippen molar-refractivity contribution in [3.05, 3.63) is 23.2 Å². The summed E-state index contributed by atoms with van der Waals surface area (Å²) in [4.78, 5) is 0. The summed E-state index contributed by atoms with van der Waals surface area (Å²) in [6.07, 6.45) is 1.09. The highest BCUT2D eigenvalue weighted by Crippen LogP contribution is 2.26. The standard InChI is InChI=1S/C13H22ClN3O2S/c1-9(2)10(7-15)8-16-11-4-5-13(12(14)6-11)17-20(3,18)19/h4-6,9-10,16-17H,7-8,15H2,1-3H3. The number of nitrogens with one attached hydrogen (secondary N) is 2. The maximum absolute atomic E-state index is 11.2. The molecule has 0 radical (unpaired) electrons. The highest BCUT2D eigenvalue weighted by Gasteiger charge is 2.12. The molecule has 4 N–H and O–H groups in total. The quantitative estimate of drug-likeness (QED) is 0.720. The van der Waals surface area contributed by atoms with Crippen molar-refractivity contribution in [3.8, 4) is 0 Å². The third-order valence-electron chi connectivity index (χ3n) is 3.08. The minimum atomic E-state index is -3.32. The van der Waals surface area contributed by atoms with Gasteiger partial charge in [-0.2, -0.15) is 0 Å². The molecule has 0 spiro atoms. The van der Waals surface area contributed by atoms with Crippen molar-refractivity contribution >= 4 is 33.0 Å². The molecular formula is C13H22ClN3O2S. The second-order valence-corrected chi connectivity index (χ2v) is 7.35. The number of sulfonamides is 1. The highest BCUT2D eigenvalue weighted by atomic mass is 35.5. The Balaban J connectivity index is 2.73. The van der Waals surface area contributed by atoms with Crippen LogP contribution in [0.15, 0.2) is 18.2 Å². The fourth-order valence-corrected chi connectivity index (χ4v) is 2.61. The van der Waals surface area contributed by atoms with E-state index in [9.17, 15) is 8.42 Å². The van der Waals surface area contributed by atoms with Gasteiger partial charge < -0.3 is 11.1 Å². The van der Waals surface area contributed by atoms with E-state index < -0.39 is 10.0 Å². The Bertz CT molecular complexity index is 547. The molecule has 1 rings (SSSR count). The monoisotopic (exact) mass is 319 g/mol. The number of hydrogen-bond donors (Lipinski definition) is 3. The number of halogens is 1. The smallest absolute Gasteiger partial charge is 0.229 e. The summed E-state index contributed by atoms with van der Waals surface area (Å²) in [5.74, 6) is 0.872. The molecule has 1 unspecified atom stereocenters. The van der Waals surface area contributed by atoms with Crippen LogP contribution in [0.5, 0.6) is 0 Å². The zero-order chi connectivity index (χ0) is 15.3. The van der Waals surface area contributed by atoms with Crippen molar-refractivity contribution in [2.75, 3.05) is 29.4 Å². The molecule has 0 aromatic heterocycles. The SMILES string of the molecule is CC(C)C(CN)CNc1ccc(NS(C)(=O)=O)c(Cl)c1. The average molecular weight is 320 g/mol. The van der Waals surface area contributed by atoms with E-state index >= 15 is 0 Å². The van der Waals surface area contributed by atoms with Gasteiger partial charge in [0.15, 0.2) is 0 Å². The molecule has 0 heterocycles. The summed E-state index contributed by atoms with van der Waals surface area (Å²) in [7, 11) is -3.32. The van der Waals surface area contributed by atoms with Crippen LogP contribution in [-0.2, 0) is 10.0 Å². The van der Waals surface area contributed by atoms with Crippen LogP contribution in [-0.4, -0.2) is 27.8 Å². The molecule has 0 fully saturated rings. The Morgan fingerprint density at radius 2 is 2.00 bits per heavy atom. The molecule has 0 saturated heterocycles. The minimum absolute atomic E-state index is 0.356. The molecule has 114 valence electrons. The molecule has 1 aromatic rings. The Hall–Kier alpha value is -0.980. The maximum atomic E-state index is 11.2. The van der Waals surface area contributed by atoms with E-state index in [-0.39, 0.29) is 0 Å².